The molecular formula is C49H39N3O2. The maximum absolute atomic E-state index is 13.2. The van der Waals surface area contributed by atoms with Crippen LogP contribution in [0.15, 0.2) is 206 Å². The second-order valence-corrected chi connectivity index (χ2v) is 13.3. The van der Waals surface area contributed by atoms with Crippen molar-refractivity contribution in [3.63, 3.8) is 0 Å². The summed E-state index contributed by atoms with van der Waals surface area (Å²) in [6.07, 6.45) is 1.94. The minimum Gasteiger partial charge on any atom is -0.465 e. The van der Waals surface area contributed by atoms with Gasteiger partial charge in [-0.15, -0.1) is 0 Å². The van der Waals surface area contributed by atoms with Gasteiger partial charge < -0.3 is 15.0 Å². The molecule has 8 aromatic rings. The zero-order valence-electron chi connectivity index (χ0n) is 29.9. The summed E-state index contributed by atoms with van der Waals surface area (Å²) in [4.78, 5) is 18.7. The van der Waals surface area contributed by atoms with Crippen molar-refractivity contribution in [2.24, 2.45) is 0 Å². The van der Waals surface area contributed by atoms with E-state index in [1.807, 2.05) is 54.7 Å². The van der Waals surface area contributed by atoms with Crippen LogP contribution in [0.1, 0.15) is 49.6 Å². The molecule has 8 rings (SSSR count). The van der Waals surface area contributed by atoms with E-state index >= 15 is 0 Å². The van der Waals surface area contributed by atoms with Crippen molar-refractivity contribution in [1.29, 1.82) is 0 Å². The SMILES string of the molecule is COC(=O)c1cc(-c2cnc(C(c3ccccc3)(c3ccccc3)c3ccccc3)n2C(c2ccccc2)(c2ccccc2)c2ccccc2)ccc1N. The number of nitrogen functional groups attached to an aromatic ring is 1. The lowest BCUT2D eigenvalue weighted by molar-refractivity contribution is 0.0602. The van der Waals surface area contributed by atoms with Crippen molar-refractivity contribution >= 4 is 11.7 Å². The molecule has 54 heavy (non-hydrogen) atoms. The van der Waals surface area contributed by atoms with Gasteiger partial charge in [-0.1, -0.05) is 188 Å². The molecule has 0 spiro atoms. The number of hydrogen-bond donors (Lipinski definition) is 1. The van der Waals surface area contributed by atoms with Crippen LogP contribution in [-0.2, 0) is 15.7 Å². The number of hydrogen-bond acceptors (Lipinski definition) is 4. The summed E-state index contributed by atoms with van der Waals surface area (Å²) < 4.78 is 7.60. The average molecular weight is 702 g/mol. The molecule has 0 aliphatic carbocycles. The van der Waals surface area contributed by atoms with Crippen molar-refractivity contribution in [3.8, 4) is 11.3 Å². The van der Waals surface area contributed by atoms with E-state index in [0.717, 1.165) is 50.5 Å². The number of methoxy groups -OCH3 is 1. The number of ether oxygens (including phenoxy) is 1. The monoisotopic (exact) mass is 701 g/mol. The van der Waals surface area contributed by atoms with Gasteiger partial charge >= 0.3 is 5.97 Å². The lowest BCUT2D eigenvalue weighted by atomic mass is 9.67. The van der Waals surface area contributed by atoms with E-state index in [1.54, 1.807) is 6.07 Å². The fraction of sp³-hybridized carbons (Fsp3) is 0.0612. The fourth-order valence-electron chi connectivity index (χ4n) is 8.04. The van der Waals surface area contributed by atoms with Crippen molar-refractivity contribution in [1.82, 2.24) is 9.55 Å². The topological polar surface area (TPSA) is 70.1 Å². The van der Waals surface area contributed by atoms with Gasteiger partial charge in [0, 0.05) is 11.3 Å². The van der Waals surface area contributed by atoms with Crippen LogP contribution in [0.4, 0.5) is 5.69 Å². The Labute approximate surface area is 316 Å². The first kappa shape index (κ1) is 34.1. The van der Waals surface area contributed by atoms with Crippen LogP contribution in [0.2, 0.25) is 0 Å². The second-order valence-electron chi connectivity index (χ2n) is 13.3. The zero-order valence-corrected chi connectivity index (χ0v) is 29.9. The highest BCUT2D eigenvalue weighted by atomic mass is 16.5. The predicted molar refractivity (Wildman–Crippen MR) is 216 cm³/mol. The van der Waals surface area contributed by atoms with Crippen LogP contribution >= 0.6 is 0 Å². The largest absolute Gasteiger partial charge is 0.465 e. The van der Waals surface area contributed by atoms with E-state index < -0.39 is 16.9 Å². The minimum absolute atomic E-state index is 0.287. The molecule has 0 aliphatic heterocycles. The molecular weight excluding hydrogens is 663 g/mol. The lowest BCUT2D eigenvalue weighted by Gasteiger charge is -2.44. The van der Waals surface area contributed by atoms with Gasteiger partial charge in [-0.25, -0.2) is 9.78 Å². The van der Waals surface area contributed by atoms with Crippen molar-refractivity contribution in [2.45, 2.75) is 11.0 Å². The molecule has 5 nitrogen and oxygen atoms in total. The number of anilines is 1. The third-order valence-electron chi connectivity index (χ3n) is 10.4. The minimum atomic E-state index is -0.985. The first-order valence-corrected chi connectivity index (χ1v) is 18.0. The lowest BCUT2D eigenvalue weighted by Crippen LogP contribution is -2.44. The summed E-state index contributed by atoms with van der Waals surface area (Å²) in [7, 11) is 1.37. The van der Waals surface area contributed by atoms with Crippen LogP contribution in [0.3, 0.4) is 0 Å². The van der Waals surface area contributed by atoms with Crippen LogP contribution < -0.4 is 5.73 Å². The Kier molecular flexibility index (Phi) is 9.21. The normalized spacial score (nSPS) is 11.6. The molecule has 0 saturated heterocycles. The second kappa shape index (κ2) is 14.6. The number of imidazole rings is 1. The van der Waals surface area contributed by atoms with Crippen LogP contribution in [-0.4, -0.2) is 22.6 Å². The molecule has 2 N–H and O–H groups in total. The van der Waals surface area contributed by atoms with Gasteiger partial charge in [0.2, 0.25) is 0 Å². The number of carbonyl (C=O) groups is 1. The summed E-state index contributed by atoms with van der Waals surface area (Å²) >= 11 is 0. The molecule has 0 amide bonds. The molecule has 0 unspecified atom stereocenters. The summed E-state index contributed by atoms with van der Waals surface area (Å²) in [5.74, 6) is 0.280. The molecule has 262 valence electrons. The van der Waals surface area contributed by atoms with Gasteiger partial charge in [-0.3, -0.25) is 0 Å². The molecule has 1 heterocycles. The third-order valence-corrected chi connectivity index (χ3v) is 10.4. The Hall–Kier alpha value is -6.98. The van der Waals surface area contributed by atoms with Gasteiger partial charge in [0.25, 0.3) is 0 Å². The maximum Gasteiger partial charge on any atom is 0.339 e. The standard InChI is InChI=1S/C49H39N3O2/c1-54-46(53)43-34-36(32-33-44(43)50)45-35-51-47(48(37-20-8-2-9-21-37,38-22-10-3-11-23-38)39-24-12-4-13-25-39)52(45)49(40-26-14-5-15-27-40,41-28-16-6-17-29-41)42-30-18-7-19-31-42/h2-35H,50H2,1H3. The predicted octanol–water partition coefficient (Wildman–Crippen LogP) is 10.1. The molecule has 0 bridgehead atoms. The highest BCUT2D eigenvalue weighted by molar-refractivity contribution is 5.96. The molecule has 7 aromatic carbocycles. The van der Waals surface area contributed by atoms with Gasteiger partial charge in [-0.2, -0.15) is 0 Å². The summed E-state index contributed by atoms with van der Waals surface area (Å²) in [6, 6.07) is 69.1. The Morgan fingerprint density at radius 1 is 0.537 bits per heavy atom. The van der Waals surface area contributed by atoms with E-state index in [1.165, 1.54) is 7.11 Å². The maximum atomic E-state index is 13.2. The van der Waals surface area contributed by atoms with Gasteiger partial charge in [-0.05, 0) is 45.5 Å². The van der Waals surface area contributed by atoms with Crippen LogP contribution in [0.5, 0.6) is 0 Å². The van der Waals surface area contributed by atoms with Crippen molar-refractivity contribution in [2.75, 3.05) is 12.8 Å². The average Bonchev–Trinajstić information content (AvgIpc) is 3.69. The summed E-state index contributed by atoms with van der Waals surface area (Å²) in [5.41, 5.74) is 13.0. The van der Waals surface area contributed by atoms with Crippen molar-refractivity contribution in [3.05, 3.63) is 251 Å². The Morgan fingerprint density at radius 2 is 0.907 bits per heavy atom. The molecule has 0 atom stereocenters. The number of esters is 1. The van der Waals surface area contributed by atoms with Gasteiger partial charge in [0.1, 0.15) is 16.8 Å². The smallest absolute Gasteiger partial charge is 0.339 e. The van der Waals surface area contributed by atoms with E-state index in [4.69, 9.17) is 15.5 Å². The van der Waals surface area contributed by atoms with E-state index in [-0.39, 0.29) is 5.56 Å². The molecule has 0 aliphatic rings. The zero-order chi connectivity index (χ0) is 37.0. The Morgan fingerprint density at radius 3 is 1.28 bits per heavy atom. The number of benzene rings is 7. The molecule has 0 fully saturated rings. The number of carbonyl (C=O) groups excluding carboxylic acids is 1. The van der Waals surface area contributed by atoms with E-state index in [2.05, 4.69) is 150 Å². The molecule has 5 heteroatoms. The van der Waals surface area contributed by atoms with E-state index in [9.17, 15) is 4.79 Å². The van der Waals surface area contributed by atoms with E-state index in [0.29, 0.717) is 5.69 Å². The van der Waals surface area contributed by atoms with Crippen LogP contribution in [0.25, 0.3) is 11.3 Å². The molecule has 0 radical (unpaired) electrons. The quantitative estimate of drug-likeness (QED) is 0.0876. The highest BCUT2D eigenvalue weighted by Crippen LogP contribution is 2.51. The molecule has 1 aromatic heterocycles. The Balaban J connectivity index is 1.64. The number of rotatable bonds is 10. The van der Waals surface area contributed by atoms with Crippen molar-refractivity contribution < 1.29 is 9.53 Å². The first-order chi connectivity index (χ1) is 26.6. The number of aromatic nitrogens is 2. The highest BCUT2D eigenvalue weighted by Gasteiger charge is 2.49. The van der Waals surface area contributed by atoms with Gasteiger partial charge in [0.05, 0.1) is 24.6 Å². The molecule has 0 saturated carbocycles. The Bertz CT molecular complexity index is 2290. The fourth-order valence-corrected chi connectivity index (χ4v) is 8.04. The van der Waals surface area contributed by atoms with Crippen LogP contribution in [0, 0.1) is 0 Å². The summed E-state index contributed by atoms with van der Waals surface area (Å²) in [5, 5.41) is 0. The third kappa shape index (κ3) is 5.58. The number of nitrogens with zero attached hydrogens (tertiary/aromatic N) is 2. The van der Waals surface area contributed by atoms with Gasteiger partial charge in [0.15, 0.2) is 0 Å². The number of nitrogens with two attached hydrogens (primary N) is 1. The first-order valence-electron chi connectivity index (χ1n) is 18.0. The summed E-state index contributed by atoms with van der Waals surface area (Å²) in [6.45, 7) is 0.